The lowest BCUT2D eigenvalue weighted by Crippen LogP contribution is -2.08. The predicted molar refractivity (Wildman–Crippen MR) is 79.6 cm³/mol. The lowest BCUT2D eigenvalue weighted by Gasteiger charge is -2.07. The number of aryl methyl sites for hydroxylation is 1. The molecule has 8 heteroatoms. The molecule has 0 unspecified atom stereocenters. The van der Waals surface area contributed by atoms with Crippen LogP contribution in [0.2, 0.25) is 0 Å². The van der Waals surface area contributed by atoms with E-state index in [0.717, 1.165) is 5.69 Å². The highest BCUT2D eigenvalue weighted by Crippen LogP contribution is 2.23. The fourth-order valence-electron chi connectivity index (χ4n) is 1.76. The number of alkyl halides is 3. The Bertz CT molecular complexity index is 584. The second-order valence-electron chi connectivity index (χ2n) is 4.70. The summed E-state index contributed by atoms with van der Waals surface area (Å²) in [6, 6.07) is 6.84. The summed E-state index contributed by atoms with van der Waals surface area (Å²) in [6.45, 7) is 0.560. The molecule has 1 aromatic carbocycles. The Labute approximate surface area is 130 Å². The summed E-state index contributed by atoms with van der Waals surface area (Å²) in [7, 11) is 1.62. The van der Waals surface area contributed by atoms with E-state index in [1.165, 1.54) is 11.5 Å². The van der Waals surface area contributed by atoms with Crippen LogP contribution in [0.25, 0.3) is 0 Å². The highest BCUT2D eigenvalue weighted by molar-refractivity contribution is 7.09. The van der Waals surface area contributed by atoms with E-state index in [1.54, 1.807) is 31.4 Å². The van der Waals surface area contributed by atoms with Gasteiger partial charge in [-0.25, -0.2) is 4.98 Å². The largest absolute Gasteiger partial charge is 0.389 e. The molecule has 4 nitrogen and oxygen atoms in total. The third-order valence-corrected chi connectivity index (χ3v) is 3.57. The maximum Gasteiger partial charge on any atom is 0.389 e. The summed E-state index contributed by atoms with van der Waals surface area (Å²) in [6.07, 6.45) is -4.30. The van der Waals surface area contributed by atoms with Crippen LogP contribution in [0, 0.1) is 0 Å². The average Bonchev–Trinajstić information content (AvgIpc) is 2.91. The molecule has 2 aromatic rings. The lowest BCUT2D eigenvalue weighted by molar-refractivity contribution is -0.133. The van der Waals surface area contributed by atoms with E-state index in [2.05, 4.69) is 14.7 Å². The van der Waals surface area contributed by atoms with E-state index < -0.39 is 12.6 Å². The first-order valence-corrected chi connectivity index (χ1v) is 7.48. The van der Waals surface area contributed by atoms with Crippen LogP contribution in [0.3, 0.4) is 0 Å². The van der Waals surface area contributed by atoms with Crippen LogP contribution < -0.4 is 5.32 Å². The molecule has 1 heterocycles. The minimum Gasteiger partial charge on any atom is -0.384 e. The normalized spacial score (nSPS) is 11.6. The zero-order chi connectivity index (χ0) is 16.0. The molecule has 0 radical (unpaired) electrons. The molecular weight excluding hydrogens is 315 g/mol. The van der Waals surface area contributed by atoms with Crippen molar-refractivity contribution in [2.75, 3.05) is 19.0 Å². The molecular formula is C14H16F3N3OS. The molecule has 0 aliphatic carbocycles. The summed E-state index contributed by atoms with van der Waals surface area (Å²) < 4.78 is 45.6. The predicted octanol–water partition coefficient (Wildman–Crippen LogP) is 3.97. The summed E-state index contributed by atoms with van der Waals surface area (Å²) in [4.78, 5) is 4.30. The van der Waals surface area contributed by atoms with Gasteiger partial charge in [0.25, 0.3) is 0 Å². The van der Waals surface area contributed by atoms with Crippen LogP contribution in [0.5, 0.6) is 0 Å². The van der Waals surface area contributed by atoms with E-state index in [-0.39, 0.29) is 6.42 Å². The number of anilines is 2. The minimum absolute atomic E-state index is 0.0102. The van der Waals surface area contributed by atoms with Crippen molar-refractivity contribution in [2.24, 2.45) is 0 Å². The molecule has 0 saturated carbocycles. The number of benzene rings is 1. The van der Waals surface area contributed by atoms with E-state index in [0.29, 0.717) is 29.5 Å². The summed E-state index contributed by atoms with van der Waals surface area (Å²) >= 11 is 1.24. The molecule has 1 aromatic heterocycles. The molecule has 22 heavy (non-hydrogen) atoms. The van der Waals surface area contributed by atoms with Crippen molar-refractivity contribution in [1.82, 2.24) is 9.36 Å². The number of hydrogen-bond donors (Lipinski definition) is 1. The first kappa shape index (κ1) is 16.7. The number of rotatable bonds is 7. The number of methoxy groups -OCH3 is 1. The molecule has 0 aliphatic rings. The third-order valence-electron chi connectivity index (χ3n) is 2.90. The second-order valence-corrected chi connectivity index (χ2v) is 5.45. The number of hydrogen-bond acceptors (Lipinski definition) is 5. The lowest BCUT2D eigenvalue weighted by atomic mass is 10.1. The van der Waals surface area contributed by atoms with Crippen molar-refractivity contribution >= 4 is 22.4 Å². The standard InChI is InChI=1S/C14H16F3N3OS/c1-21-9-7-12-19-13(22-20-12)18-11-4-2-10(3-5-11)6-8-14(15,16)17/h2-5H,6-9H2,1H3,(H,18,19,20). The quantitative estimate of drug-likeness (QED) is 0.834. The van der Waals surface area contributed by atoms with Gasteiger partial charge in [-0.2, -0.15) is 17.5 Å². The molecule has 1 N–H and O–H groups in total. The van der Waals surface area contributed by atoms with Gasteiger partial charge in [0.2, 0.25) is 5.13 Å². The van der Waals surface area contributed by atoms with E-state index in [4.69, 9.17) is 4.74 Å². The van der Waals surface area contributed by atoms with Gasteiger partial charge in [0.15, 0.2) is 0 Å². The number of nitrogens with one attached hydrogen (secondary N) is 1. The summed E-state index contributed by atoms with van der Waals surface area (Å²) in [5.41, 5.74) is 1.42. The maximum atomic E-state index is 12.2. The molecule has 0 saturated heterocycles. The number of aromatic nitrogens is 2. The van der Waals surface area contributed by atoms with Crippen molar-refractivity contribution in [2.45, 2.75) is 25.4 Å². The first-order valence-electron chi connectivity index (χ1n) is 6.70. The zero-order valence-corrected chi connectivity index (χ0v) is 12.8. The van der Waals surface area contributed by atoms with Crippen LogP contribution in [0.4, 0.5) is 24.0 Å². The van der Waals surface area contributed by atoms with Crippen molar-refractivity contribution in [3.63, 3.8) is 0 Å². The van der Waals surface area contributed by atoms with Crippen molar-refractivity contribution in [1.29, 1.82) is 0 Å². The highest BCUT2D eigenvalue weighted by atomic mass is 32.1. The molecule has 2 rings (SSSR count). The Kier molecular flexibility index (Phi) is 5.73. The van der Waals surface area contributed by atoms with Gasteiger partial charge >= 0.3 is 6.18 Å². The van der Waals surface area contributed by atoms with Crippen molar-refractivity contribution < 1.29 is 17.9 Å². The van der Waals surface area contributed by atoms with Gasteiger partial charge in [-0.1, -0.05) is 12.1 Å². The Morgan fingerprint density at radius 2 is 1.91 bits per heavy atom. The Balaban J connectivity index is 1.89. The van der Waals surface area contributed by atoms with Gasteiger partial charge in [-0.3, -0.25) is 0 Å². The molecule has 0 aliphatic heterocycles. The van der Waals surface area contributed by atoms with Crippen molar-refractivity contribution in [3.05, 3.63) is 35.7 Å². The second kappa shape index (κ2) is 7.55. The van der Waals surface area contributed by atoms with E-state index >= 15 is 0 Å². The van der Waals surface area contributed by atoms with Gasteiger partial charge in [0.1, 0.15) is 5.82 Å². The van der Waals surface area contributed by atoms with E-state index in [1.807, 2.05) is 0 Å². The SMILES string of the molecule is COCCc1nsc(Nc2ccc(CCC(F)(F)F)cc2)n1. The van der Waals surface area contributed by atoms with Crippen LogP contribution in [0.1, 0.15) is 17.8 Å². The third kappa shape index (κ3) is 5.61. The monoisotopic (exact) mass is 331 g/mol. The van der Waals surface area contributed by atoms with Gasteiger partial charge in [-0.15, -0.1) is 0 Å². The van der Waals surface area contributed by atoms with Crippen LogP contribution in [0.15, 0.2) is 24.3 Å². The van der Waals surface area contributed by atoms with Crippen LogP contribution >= 0.6 is 11.5 Å². The van der Waals surface area contributed by atoms with Crippen molar-refractivity contribution in [3.8, 4) is 0 Å². The molecule has 0 amide bonds. The van der Waals surface area contributed by atoms with E-state index in [9.17, 15) is 13.2 Å². The molecule has 0 spiro atoms. The molecule has 120 valence electrons. The van der Waals surface area contributed by atoms with Gasteiger partial charge in [-0.05, 0) is 24.1 Å². The molecule has 0 bridgehead atoms. The highest BCUT2D eigenvalue weighted by Gasteiger charge is 2.26. The van der Waals surface area contributed by atoms with Gasteiger partial charge in [0, 0.05) is 37.2 Å². The molecule has 0 atom stereocenters. The number of ether oxygens (including phenoxy) is 1. The number of halogens is 3. The Morgan fingerprint density at radius 1 is 1.18 bits per heavy atom. The van der Waals surface area contributed by atoms with Gasteiger partial charge in [0.05, 0.1) is 6.61 Å². The molecule has 0 fully saturated rings. The fraction of sp³-hybridized carbons (Fsp3) is 0.429. The Hall–Kier alpha value is -1.67. The zero-order valence-electron chi connectivity index (χ0n) is 12.0. The van der Waals surface area contributed by atoms with Crippen LogP contribution in [-0.4, -0.2) is 29.3 Å². The van der Waals surface area contributed by atoms with Crippen LogP contribution in [-0.2, 0) is 17.6 Å². The summed E-state index contributed by atoms with van der Waals surface area (Å²) in [5, 5.41) is 3.73. The fourth-order valence-corrected chi connectivity index (χ4v) is 2.40. The minimum atomic E-state index is -4.12. The maximum absolute atomic E-state index is 12.2. The topological polar surface area (TPSA) is 47.0 Å². The first-order chi connectivity index (χ1) is 10.5. The number of nitrogens with zero attached hydrogens (tertiary/aromatic N) is 2. The smallest absolute Gasteiger partial charge is 0.384 e. The Morgan fingerprint density at radius 3 is 2.55 bits per heavy atom. The summed E-state index contributed by atoms with van der Waals surface area (Å²) in [5.74, 6) is 0.705. The average molecular weight is 331 g/mol. The van der Waals surface area contributed by atoms with Gasteiger partial charge < -0.3 is 10.1 Å².